The van der Waals surface area contributed by atoms with Gasteiger partial charge in [-0.25, -0.2) is 0 Å². The Kier molecular flexibility index (Phi) is 4.19. The van der Waals surface area contributed by atoms with Crippen LogP contribution >= 0.6 is 0 Å². The third kappa shape index (κ3) is 2.53. The standard InChI is InChI=1S/C14H22O/c1-6-12-8-7-9-13(15-5)14(12)11(4)10(2)3/h7-11H,6H2,1-5H3. The molecule has 1 atom stereocenters. The summed E-state index contributed by atoms with van der Waals surface area (Å²) < 4.78 is 5.46. The molecule has 1 rings (SSSR count). The molecule has 0 bridgehead atoms. The second-order valence-electron chi connectivity index (χ2n) is 4.42. The Morgan fingerprint density at radius 2 is 1.87 bits per heavy atom. The molecule has 84 valence electrons. The third-order valence-corrected chi connectivity index (χ3v) is 3.21. The highest BCUT2D eigenvalue weighted by Crippen LogP contribution is 2.34. The second kappa shape index (κ2) is 5.20. The van der Waals surface area contributed by atoms with Crippen LogP contribution in [0.5, 0.6) is 5.75 Å². The van der Waals surface area contributed by atoms with Crippen LogP contribution in [0, 0.1) is 5.92 Å². The molecule has 0 aliphatic rings. The van der Waals surface area contributed by atoms with Crippen molar-refractivity contribution in [1.29, 1.82) is 0 Å². The third-order valence-electron chi connectivity index (χ3n) is 3.21. The summed E-state index contributed by atoms with van der Waals surface area (Å²) in [6, 6.07) is 6.35. The van der Waals surface area contributed by atoms with Crippen molar-refractivity contribution in [3.05, 3.63) is 29.3 Å². The van der Waals surface area contributed by atoms with Crippen LogP contribution in [0.3, 0.4) is 0 Å². The van der Waals surface area contributed by atoms with E-state index in [1.165, 1.54) is 11.1 Å². The molecule has 0 saturated carbocycles. The zero-order valence-electron chi connectivity index (χ0n) is 10.5. The van der Waals surface area contributed by atoms with E-state index in [9.17, 15) is 0 Å². The van der Waals surface area contributed by atoms with Gasteiger partial charge in [-0.15, -0.1) is 0 Å². The molecule has 1 unspecified atom stereocenters. The largest absolute Gasteiger partial charge is 0.496 e. The van der Waals surface area contributed by atoms with Gasteiger partial charge in [0.05, 0.1) is 7.11 Å². The van der Waals surface area contributed by atoms with E-state index in [0.717, 1.165) is 12.2 Å². The molecule has 0 fully saturated rings. The summed E-state index contributed by atoms with van der Waals surface area (Å²) in [5.41, 5.74) is 2.80. The van der Waals surface area contributed by atoms with Crippen molar-refractivity contribution in [2.45, 2.75) is 40.0 Å². The number of hydrogen-bond acceptors (Lipinski definition) is 1. The normalized spacial score (nSPS) is 12.9. The molecule has 1 aromatic rings. The van der Waals surface area contributed by atoms with E-state index >= 15 is 0 Å². The highest BCUT2D eigenvalue weighted by molar-refractivity contribution is 5.42. The van der Waals surface area contributed by atoms with Crippen molar-refractivity contribution in [1.82, 2.24) is 0 Å². The minimum absolute atomic E-state index is 0.552. The molecule has 0 saturated heterocycles. The molecule has 0 aliphatic heterocycles. The molecule has 1 heteroatoms. The number of ether oxygens (including phenoxy) is 1. The molecular weight excluding hydrogens is 184 g/mol. The monoisotopic (exact) mass is 206 g/mol. The number of hydrogen-bond donors (Lipinski definition) is 0. The van der Waals surface area contributed by atoms with Gasteiger partial charge >= 0.3 is 0 Å². The summed E-state index contributed by atoms with van der Waals surface area (Å²) in [5.74, 6) is 2.23. The lowest BCUT2D eigenvalue weighted by molar-refractivity contribution is 0.397. The molecule has 1 aromatic carbocycles. The number of aryl methyl sites for hydroxylation is 1. The Hall–Kier alpha value is -0.980. The fourth-order valence-corrected chi connectivity index (χ4v) is 1.93. The molecule has 0 aromatic heterocycles. The molecule has 1 nitrogen and oxygen atoms in total. The van der Waals surface area contributed by atoms with Crippen molar-refractivity contribution in [3.8, 4) is 5.75 Å². The summed E-state index contributed by atoms with van der Waals surface area (Å²) >= 11 is 0. The number of rotatable bonds is 4. The molecule has 0 N–H and O–H groups in total. The zero-order valence-corrected chi connectivity index (χ0v) is 10.5. The summed E-state index contributed by atoms with van der Waals surface area (Å²) in [6.45, 7) is 9.00. The molecule has 0 aliphatic carbocycles. The summed E-state index contributed by atoms with van der Waals surface area (Å²) in [4.78, 5) is 0. The van der Waals surface area contributed by atoms with Crippen LogP contribution in [0.4, 0.5) is 0 Å². The summed E-state index contributed by atoms with van der Waals surface area (Å²) in [7, 11) is 1.76. The van der Waals surface area contributed by atoms with Crippen LogP contribution in [0.25, 0.3) is 0 Å². The van der Waals surface area contributed by atoms with E-state index in [2.05, 4.69) is 45.9 Å². The van der Waals surface area contributed by atoms with Gasteiger partial charge in [-0.05, 0) is 29.9 Å². The second-order valence-corrected chi connectivity index (χ2v) is 4.42. The predicted molar refractivity (Wildman–Crippen MR) is 65.6 cm³/mol. The van der Waals surface area contributed by atoms with Crippen molar-refractivity contribution in [3.63, 3.8) is 0 Å². The van der Waals surface area contributed by atoms with Gasteiger partial charge in [-0.1, -0.05) is 39.8 Å². The van der Waals surface area contributed by atoms with Gasteiger partial charge in [-0.3, -0.25) is 0 Å². The molecule has 0 spiro atoms. The lowest BCUT2D eigenvalue weighted by atomic mass is 9.86. The first-order valence-electron chi connectivity index (χ1n) is 5.77. The van der Waals surface area contributed by atoms with E-state index in [0.29, 0.717) is 11.8 Å². The highest BCUT2D eigenvalue weighted by atomic mass is 16.5. The fraction of sp³-hybridized carbons (Fsp3) is 0.571. The van der Waals surface area contributed by atoms with Crippen LogP contribution in [0.1, 0.15) is 44.7 Å². The van der Waals surface area contributed by atoms with Gasteiger partial charge in [-0.2, -0.15) is 0 Å². The van der Waals surface area contributed by atoms with E-state index in [1.54, 1.807) is 7.11 Å². The Bertz CT molecular complexity index is 293. The molecule has 0 heterocycles. The SMILES string of the molecule is CCc1cccc(OC)c1C(C)C(C)C. The first kappa shape index (κ1) is 12.1. The Morgan fingerprint density at radius 3 is 2.33 bits per heavy atom. The molecule has 15 heavy (non-hydrogen) atoms. The number of benzene rings is 1. The van der Waals surface area contributed by atoms with Gasteiger partial charge in [0, 0.05) is 5.56 Å². The van der Waals surface area contributed by atoms with Gasteiger partial charge in [0.1, 0.15) is 5.75 Å². The average Bonchev–Trinajstić information content (AvgIpc) is 2.26. The van der Waals surface area contributed by atoms with Crippen LogP contribution in [0.15, 0.2) is 18.2 Å². The van der Waals surface area contributed by atoms with Crippen LogP contribution in [-0.2, 0) is 6.42 Å². The first-order valence-corrected chi connectivity index (χ1v) is 5.77. The van der Waals surface area contributed by atoms with Crippen molar-refractivity contribution in [2.75, 3.05) is 7.11 Å². The zero-order chi connectivity index (χ0) is 11.4. The quantitative estimate of drug-likeness (QED) is 0.723. The maximum absolute atomic E-state index is 5.46. The van der Waals surface area contributed by atoms with Gasteiger partial charge < -0.3 is 4.74 Å². The summed E-state index contributed by atoms with van der Waals surface area (Å²) in [5, 5.41) is 0. The smallest absolute Gasteiger partial charge is 0.122 e. The van der Waals surface area contributed by atoms with Gasteiger partial charge in [0.15, 0.2) is 0 Å². The van der Waals surface area contributed by atoms with Crippen LogP contribution < -0.4 is 4.74 Å². The molecular formula is C14H22O. The summed E-state index contributed by atoms with van der Waals surface area (Å²) in [6.07, 6.45) is 1.07. The van der Waals surface area contributed by atoms with Crippen LogP contribution in [-0.4, -0.2) is 7.11 Å². The Balaban J connectivity index is 3.21. The highest BCUT2D eigenvalue weighted by Gasteiger charge is 2.17. The lowest BCUT2D eigenvalue weighted by Crippen LogP contribution is -2.07. The Labute approximate surface area is 93.5 Å². The van der Waals surface area contributed by atoms with Gasteiger partial charge in [0.25, 0.3) is 0 Å². The van der Waals surface area contributed by atoms with E-state index in [1.807, 2.05) is 0 Å². The topological polar surface area (TPSA) is 9.23 Å². The van der Waals surface area contributed by atoms with Crippen molar-refractivity contribution >= 4 is 0 Å². The van der Waals surface area contributed by atoms with Crippen LogP contribution in [0.2, 0.25) is 0 Å². The molecule has 0 amide bonds. The minimum atomic E-state index is 0.552. The fourth-order valence-electron chi connectivity index (χ4n) is 1.93. The maximum atomic E-state index is 5.46. The Morgan fingerprint density at radius 1 is 1.20 bits per heavy atom. The van der Waals surface area contributed by atoms with Crippen molar-refractivity contribution in [2.24, 2.45) is 5.92 Å². The van der Waals surface area contributed by atoms with E-state index in [-0.39, 0.29) is 0 Å². The van der Waals surface area contributed by atoms with E-state index < -0.39 is 0 Å². The molecule has 0 radical (unpaired) electrons. The lowest BCUT2D eigenvalue weighted by Gasteiger charge is -2.22. The van der Waals surface area contributed by atoms with Crippen molar-refractivity contribution < 1.29 is 4.74 Å². The van der Waals surface area contributed by atoms with Gasteiger partial charge in [0.2, 0.25) is 0 Å². The first-order chi connectivity index (χ1) is 7.11. The average molecular weight is 206 g/mol. The number of methoxy groups -OCH3 is 1. The predicted octanol–water partition coefficient (Wildman–Crippen LogP) is 4.02. The maximum Gasteiger partial charge on any atom is 0.122 e. The minimum Gasteiger partial charge on any atom is -0.496 e. The van der Waals surface area contributed by atoms with E-state index in [4.69, 9.17) is 4.74 Å².